The summed E-state index contributed by atoms with van der Waals surface area (Å²) in [6.07, 6.45) is 0.941. The molecule has 0 spiro atoms. The topological polar surface area (TPSA) is 62.2 Å². The molecule has 0 aromatic carbocycles. The van der Waals surface area contributed by atoms with Crippen LogP contribution in [0.5, 0.6) is 0 Å². The third-order valence-electron chi connectivity index (χ3n) is 3.13. The Balaban J connectivity index is 2.25. The third kappa shape index (κ3) is 6.11. The summed E-state index contributed by atoms with van der Waals surface area (Å²) in [4.78, 5) is 1.96. The first-order valence-electron chi connectivity index (χ1n) is 6.70. The van der Waals surface area contributed by atoms with Crippen molar-refractivity contribution in [2.75, 3.05) is 40.0 Å². The smallest absolute Gasteiger partial charge is 0.0900 e. The fourth-order valence-corrected chi connectivity index (χ4v) is 2.19. The van der Waals surface area contributed by atoms with Crippen LogP contribution in [0.15, 0.2) is 0 Å². The average Bonchev–Trinajstić information content (AvgIpc) is 2.26. The molecular weight excluding hydrogens is 234 g/mol. The monoisotopic (exact) mass is 261 g/mol. The highest BCUT2D eigenvalue weighted by molar-refractivity contribution is 4.84. The van der Waals surface area contributed by atoms with Gasteiger partial charge in [-0.25, -0.2) is 0 Å². The lowest BCUT2D eigenvalue weighted by molar-refractivity contribution is -0.0830. The molecule has 5 heteroatoms. The van der Waals surface area contributed by atoms with Crippen molar-refractivity contribution in [1.29, 1.82) is 0 Å². The summed E-state index contributed by atoms with van der Waals surface area (Å²) in [5, 5.41) is 20.1. The van der Waals surface area contributed by atoms with E-state index in [2.05, 4.69) is 0 Å². The molecule has 5 nitrogen and oxygen atoms in total. The Bertz CT molecular complexity index is 229. The molecule has 18 heavy (non-hydrogen) atoms. The van der Waals surface area contributed by atoms with Gasteiger partial charge in [-0.1, -0.05) is 0 Å². The fourth-order valence-electron chi connectivity index (χ4n) is 2.19. The van der Waals surface area contributed by atoms with E-state index in [0.717, 1.165) is 0 Å². The van der Waals surface area contributed by atoms with E-state index in [0.29, 0.717) is 45.8 Å². The van der Waals surface area contributed by atoms with Crippen LogP contribution < -0.4 is 0 Å². The van der Waals surface area contributed by atoms with Gasteiger partial charge < -0.3 is 24.6 Å². The second kappa shape index (κ2) is 7.40. The lowest BCUT2D eigenvalue weighted by Gasteiger charge is -2.36. The third-order valence-corrected chi connectivity index (χ3v) is 3.13. The van der Waals surface area contributed by atoms with Gasteiger partial charge in [0.05, 0.1) is 24.4 Å². The zero-order valence-electron chi connectivity index (χ0n) is 11.8. The predicted octanol–water partition coefficient (Wildman–Crippen LogP) is 0.246. The molecule has 1 heterocycles. The van der Waals surface area contributed by atoms with E-state index >= 15 is 0 Å². The maximum Gasteiger partial charge on any atom is 0.0900 e. The van der Waals surface area contributed by atoms with Crippen molar-refractivity contribution in [3.63, 3.8) is 0 Å². The highest BCUT2D eigenvalue weighted by atomic mass is 16.5. The lowest BCUT2D eigenvalue weighted by atomic mass is 9.94. The van der Waals surface area contributed by atoms with Crippen LogP contribution in [0.25, 0.3) is 0 Å². The average molecular weight is 261 g/mol. The van der Waals surface area contributed by atoms with Crippen LogP contribution in [0.3, 0.4) is 0 Å². The minimum absolute atomic E-state index is 0.129. The Morgan fingerprint density at radius 2 is 1.94 bits per heavy atom. The number of hydrogen-bond acceptors (Lipinski definition) is 5. The Labute approximate surface area is 110 Å². The molecule has 1 fully saturated rings. The van der Waals surface area contributed by atoms with Crippen LogP contribution in [-0.2, 0) is 9.47 Å². The summed E-state index contributed by atoms with van der Waals surface area (Å²) in [7, 11) is 1.91. The maximum atomic E-state index is 10.3. The minimum atomic E-state index is -0.675. The zero-order valence-corrected chi connectivity index (χ0v) is 11.8. The van der Waals surface area contributed by atoms with E-state index in [1.165, 1.54) is 0 Å². The van der Waals surface area contributed by atoms with Crippen LogP contribution in [-0.4, -0.2) is 72.9 Å². The standard InChI is InChI=1S/C13H27NO4/c1-11(2)18-9-12(15)8-14(3)10-13(16)4-6-17-7-5-13/h11-12,15-16H,4-10H2,1-3H3. The van der Waals surface area contributed by atoms with E-state index in [1.807, 2.05) is 25.8 Å². The highest BCUT2D eigenvalue weighted by Crippen LogP contribution is 2.21. The number of nitrogens with zero attached hydrogens (tertiary/aromatic N) is 1. The number of rotatable bonds is 7. The summed E-state index contributed by atoms with van der Waals surface area (Å²) < 4.78 is 10.6. The van der Waals surface area contributed by atoms with Gasteiger partial charge in [0, 0.05) is 39.1 Å². The van der Waals surface area contributed by atoms with E-state index in [-0.39, 0.29) is 6.10 Å². The van der Waals surface area contributed by atoms with Gasteiger partial charge >= 0.3 is 0 Å². The maximum absolute atomic E-state index is 10.3. The van der Waals surface area contributed by atoms with E-state index < -0.39 is 11.7 Å². The number of aliphatic hydroxyl groups is 2. The van der Waals surface area contributed by atoms with Crippen molar-refractivity contribution < 1.29 is 19.7 Å². The molecule has 1 atom stereocenters. The molecule has 0 aromatic heterocycles. The molecule has 0 saturated carbocycles. The second-order valence-corrected chi connectivity index (χ2v) is 5.57. The summed E-state index contributed by atoms with van der Waals surface area (Å²) in [6, 6.07) is 0. The van der Waals surface area contributed by atoms with Crippen LogP contribution in [0, 0.1) is 0 Å². The van der Waals surface area contributed by atoms with Gasteiger partial charge in [0.1, 0.15) is 0 Å². The van der Waals surface area contributed by atoms with Gasteiger partial charge in [0.2, 0.25) is 0 Å². The van der Waals surface area contributed by atoms with Gasteiger partial charge in [-0.2, -0.15) is 0 Å². The largest absolute Gasteiger partial charge is 0.389 e. The molecular formula is C13H27NO4. The Morgan fingerprint density at radius 3 is 2.50 bits per heavy atom. The normalized spacial score (nSPS) is 21.5. The van der Waals surface area contributed by atoms with Crippen LogP contribution in [0.4, 0.5) is 0 Å². The number of aliphatic hydroxyl groups excluding tert-OH is 1. The zero-order chi connectivity index (χ0) is 13.6. The highest BCUT2D eigenvalue weighted by Gasteiger charge is 2.31. The van der Waals surface area contributed by atoms with Gasteiger partial charge in [0.15, 0.2) is 0 Å². The summed E-state index contributed by atoms with van der Waals surface area (Å²) >= 11 is 0. The molecule has 0 radical (unpaired) electrons. The molecule has 0 aliphatic carbocycles. The van der Waals surface area contributed by atoms with Crippen molar-refractivity contribution in [3.05, 3.63) is 0 Å². The minimum Gasteiger partial charge on any atom is -0.389 e. The molecule has 2 N–H and O–H groups in total. The lowest BCUT2D eigenvalue weighted by Crippen LogP contribution is -2.47. The van der Waals surface area contributed by atoms with Gasteiger partial charge in [-0.15, -0.1) is 0 Å². The molecule has 1 aliphatic rings. The van der Waals surface area contributed by atoms with Crippen molar-refractivity contribution >= 4 is 0 Å². The molecule has 1 saturated heterocycles. The summed E-state index contributed by atoms with van der Waals surface area (Å²) in [5.74, 6) is 0. The first-order chi connectivity index (χ1) is 8.41. The summed E-state index contributed by atoms with van der Waals surface area (Å²) in [5.41, 5.74) is -0.675. The van der Waals surface area contributed by atoms with Crippen LogP contribution in [0.1, 0.15) is 26.7 Å². The van der Waals surface area contributed by atoms with E-state index in [1.54, 1.807) is 0 Å². The number of ether oxygens (including phenoxy) is 2. The van der Waals surface area contributed by atoms with Crippen LogP contribution >= 0.6 is 0 Å². The van der Waals surface area contributed by atoms with E-state index in [9.17, 15) is 10.2 Å². The quantitative estimate of drug-likeness (QED) is 0.688. The van der Waals surface area contributed by atoms with Crippen LogP contribution in [0.2, 0.25) is 0 Å². The molecule has 1 rings (SSSR count). The molecule has 1 aliphatic heterocycles. The molecule has 0 amide bonds. The van der Waals surface area contributed by atoms with Gasteiger partial charge in [-0.3, -0.25) is 0 Å². The Morgan fingerprint density at radius 1 is 1.33 bits per heavy atom. The number of hydrogen-bond donors (Lipinski definition) is 2. The Hall–Kier alpha value is -0.200. The molecule has 0 aromatic rings. The molecule has 108 valence electrons. The first kappa shape index (κ1) is 15.9. The molecule has 0 bridgehead atoms. The summed E-state index contributed by atoms with van der Waals surface area (Å²) in [6.45, 7) is 6.53. The predicted molar refractivity (Wildman–Crippen MR) is 69.6 cm³/mol. The van der Waals surface area contributed by atoms with Crippen molar-refractivity contribution in [2.45, 2.75) is 44.5 Å². The van der Waals surface area contributed by atoms with Crippen molar-refractivity contribution in [1.82, 2.24) is 4.90 Å². The second-order valence-electron chi connectivity index (χ2n) is 5.57. The molecule has 1 unspecified atom stereocenters. The first-order valence-corrected chi connectivity index (χ1v) is 6.70. The fraction of sp³-hybridized carbons (Fsp3) is 1.00. The SMILES string of the molecule is CC(C)OCC(O)CN(C)CC1(O)CCOCC1. The number of likely N-dealkylation sites (N-methyl/N-ethyl adjacent to an activating group) is 1. The van der Waals surface area contributed by atoms with Gasteiger partial charge in [-0.05, 0) is 20.9 Å². The van der Waals surface area contributed by atoms with E-state index in [4.69, 9.17) is 9.47 Å². The van der Waals surface area contributed by atoms with Crippen molar-refractivity contribution in [2.24, 2.45) is 0 Å². The van der Waals surface area contributed by atoms with Crippen molar-refractivity contribution in [3.8, 4) is 0 Å². The van der Waals surface area contributed by atoms with Gasteiger partial charge in [0.25, 0.3) is 0 Å². The Kier molecular flexibility index (Phi) is 6.52.